The molecule has 6 heteroatoms. The molecular formula is C14H23N3O2S. The lowest BCUT2D eigenvalue weighted by molar-refractivity contribution is 0.164. The predicted octanol–water partition coefficient (Wildman–Crippen LogP) is 0.512. The highest BCUT2D eigenvalue weighted by Crippen LogP contribution is 2.21. The Hall–Kier alpha value is -0.950. The van der Waals surface area contributed by atoms with Crippen LogP contribution in [0.2, 0.25) is 0 Å². The van der Waals surface area contributed by atoms with Gasteiger partial charge in [0.15, 0.2) is 0 Å². The molecule has 0 saturated carbocycles. The third-order valence-corrected chi connectivity index (χ3v) is 5.81. The molecule has 1 saturated heterocycles. The van der Waals surface area contributed by atoms with Crippen LogP contribution in [0.5, 0.6) is 0 Å². The maximum Gasteiger partial charge on any atom is 0.243 e. The van der Waals surface area contributed by atoms with Crippen molar-refractivity contribution in [2.75, 3.05) is 33.2 Å². The van der Waals surface area contributed by atoms with Crippen LogP contribution in [0, 0.1) is 0 Å². The van der Waals surface area contributed by atoms with Crippen LogP contribution in [0.1, 0.15) is 12.5 Å². The van der Waals surface area contributed by atoms with Gasteiger partial charge in [0.1, 0.15) is 0 Å². The van der Waals surface area contributed by atoms with E-state index in [2.05, 4.69) is 11.8 Å². The highest BCUT2D eigenvalue weighted by atomic mass is 32.2. The highest BCUT2D eigenvalue weighted by molar-refractivity contribution is 7.89. The molecule has 1 aromatic rings. The van der Waals surface area contributed by atoms with Crippen molar-refractivity contribution in [3.8, 4) is 0 Å². The summed E-state index contributed by atoms with van der Waals surface area (Å²) in [4.78, 5) is 2.47. The second kappa shape index (κ2) is 6.22. The lowest BCUT2D eigenvalue weighted by atomic mass is 10.2. The standard InChI is InChI=1S/C14H23N3O2S/c1-3-12-4-6-14(7-5-12)20(18,19)17-9-8-16(2)11-13(17)10-15/h4-7,13H,3,8-11,15H2,1-2H3. The Bertz CT molecular complexity index is 542. The van der Waals surface area contributed by atoms with Crippen molar-refractivity contribution >= 4 is 10.0 Å². The fourth-order valence-electron chi connectivity index (χ4n) is 2.54. The van der Waals surface area contributed by atoms with Gasteiger partial charge in [0, 0.05) is 26.2 Å². The Morgan fingerprint density at radius 3 is 2.45 bits per heavy atom. The summed E-state index contributed by atoms with van der Waals surface area (Å²) in [6.45, 7) is 4.31. The normalized spacial score (nSPS) is 22.1. The highest BCUT2D eigenvalue weighted by Gasteiger charge is 2.34. The smallest absolute Gasteiger partial charge is 0.243 e. The van der Waals surface area contributed by atoms with Gasteiger partial charge >= 0.3 is 0 Å². The van der Waals surface area contributed by atoms with Crippen molar-refractivity contribution in [3.05, 3.63) is 29.8 Å². The first-order valence-corrected chi connectivity index (χ1v) is 8.42. The molecule has 0 aromatic heterocycles. The largest absolute Gasteiger partial charge is 0.329 e. The van der Waals surface area contributed by atoms with Gasteiger partial charge in [-0.3, -0.25) is 0 Å². The summed E-state index contributed by atoms with van der Waals surface area (Å²) < 4.78 is 27.0. The number of hydrogen-bond donors (Lipinski definition) is 1. The Labute approximate surface area is 121 Å². The lowest BCUT2D eigenvalue weighted by Gasteiger charge is -2.38. The second-order valence-corrected chi connectivity index (χ2v) is 7.16. The summed E-state index contributed by atoms with van der Waals surface area (Å²) >= 11 is 0. The molecule has 0 amide bonds. The molecule has 1 atom stereocenters. The average molecular weight is 297 g/mol. The molecule has 20 heavy (non-hydrogen) atoms. The van der Waals surface area contributed by atoms with Crippen molar-refractivity contribution in [2.45, 2.75) is 24.3 Å². The van der Waals surface area contributed by atoms with Gasteiger partial charge in [-0.15, -0.1) is 0 Å². The molecule has 5 nitrogen and oxygen atoms in total. The first-order chi connectivity index (χ1) is 9.48. The number of benzene rings is 1. The van der Waals surface area contributed by atoms with E-state index in [9.17, 15) is 8.42 Å². The third-order valence-electron chi connectivity index (χ3n) is 3.84. The number of aryl methyl sites for hydroxylation is 1. The monoisotopic (exact) mass is 297 g/mol. The molecule has 0 aliphatic carbocycles. The Morgan fingerprint density at radius 2 is 1.90 bits per heavy atom. The summed E-state index contributed by atoms with van der Waals surface area (Å²) in [7, 11) is -1.46. The third kappa shape index (κ3) is 3.03. The quantitative estimate of drug-likeness (QED) is 0.879. The molecule has 1 heterocycles. The van der Waals surface area contributed by atoms with E-state index >= 15 is 0 Å². The molecule has 2 N–H and O–H groups in total. The van der Waals surface area contributed by atoms with E-state index in [-0.39, 0.29) is 6.04 Å². The lowest BCUT2D eigenvalue weighted by Crippen LogP contribution is -2.56. The fourth-order valence-corrected chi connectivity index (χ4v) is 4.15. The van der Waals surface area contributed by atoms with Crippen molar-refractivity contribution in [1.82, 2.24) is 9.21 Å². The topological polar surface area (TPSA) is 66.6 Å². The minimum Gasteiger partial charge on any atom is -0.329 e. The zero-order valence-corrected chi connectivity index (χ0v) is 12.9. The second-order valence-electron chi connectivity index (χ2n) is 5.27. The minimum atomic E-state index is -3.45. The van der Waals surface area contributed by atoms with E-state index in [0.29, 0.717) is 24.5 Å². The molecule has 0 spiro atoms. The maximum atomic E-state index is 12.7. The summed E-state index contributed by atoms with van der Waals surface area (Å²) in [6, 6.07) is 6.99. The molecule has 1 aliphatic rings. The van der Waals surface area contributed by atoms with Crippen LogP contribution in [0.15, 0.2) is 29.2 Å². The van der Waals surface area contributed by atoms with Crippen LogP contribution in [-0.4, -0.2) is 56.9 Å². The van der Waals surface area contributed by atoms with Gasteiger partial charge in [-0.2, -0.15) is 4.31 Å². The van der Waals surface area contributed by atoms with Gasteiger partial charge in [0.25, 0.3) is 0 Å². The van der Waals surface area contributed by atoms with E-state index in [4.69, 9.17) is 5.73 Å². The molecule has 1 aromatic carbocycles. The van der Waals surface area contributed by atoms with Crippen LogP contribution in [0.25, 0.3) is 0 Å². The Morgan fingerprint density at radius 1 is 1.25 bits per heavy atom. The summed E-state index contributed by atoms with van der Waals surface area (Å²) in [5.41, 5.74) is 6.88. The molecule has 1 unspecified atom stereocenters. The number of hydrogen-bond acceptors (Lipinski definition) is 4. The molecule has 0 bridgehead atoms. The fraction of sp³-hybridized carbons (Fsp3) is 0.571. The van der Waals surface area contributed by atoms with E-state index in [1.807, 2.05) is 19.2 Å². The minimum absolute atomic E-state index is 0.149. The van der Waals surface area contributed by atoms with Crippen LogP contribution in [0.3, 0.4) is 0 Å². The molecule has 1 fully saturated rings. The van der Waals surface area contributed by atoms with Gasteiger partial charge in [0.05, 0.1) is 10.9 Å². The zero-order valence-electron chi connectivity index (χ0n) is 12.1. The Kier molecular flexibility index (Phi) is 4.80. The summed E-state index contributed by atoms with van der Waals surface area (Å²) in [5, 5.41) is 0. The van der Waals surface area contributed by atoms with Crippen molar-refractivity contribution in [3.63, 3.8) is 0 Å². The zero-order chi connectivity index (χ0) is 14.8. The average Bonchev–Trinajstić information content (AvgIpc) is 2.46. The van der Waals surface area contributed by atoms with Crippen LogP contribution < -0.4 is 5.73 Å². The van der Waals surface area contributed by atoms with Crippen LogP contribution in [-0.2, 0) is 16.4 Å². The van der Waals surface area contributed by atoms with Crippen LogP contribution >= 0.6 is 0 Å². The van der Waals surface area contributed by atoms with Gasteiger partial charge in [-0.1, -0.05) is 19.1 Å². The van der Waals surface area contributed by atoms with E-state index < -0.39 is 10.0 Å². The molecule has 1 aliphatic heterocycles. The van der Waals surface area contributed by atoms with Crippen LogP contribution in [0.4, 0.5) is 0 Å². The maximum absolute atomic E-state index is 12.7. The summed E-state index contributed by atoms with van der Waals surface area (Å²) in [5.74, 6) is 0. The molecule has 2 rings (SSSR count). The number of sulfonamides is 1. The number of nitrogens with zero attached hydrogens (tertiary/aromatic N) is 2. The van der Waals surface area contributed by atoms with Gasteiger partial charge < -0.3 is 10.6 Å². The first kappa shape index (κ1) is 15.4. The van der Waals surface area contributed by atoms with Crippen molar-refractivity contribution < 1.29 is 8.42 Å². The molecule has 0 radical (unpaired) electrons. The van der Waals surface area contributed by atoms with E-state index in [1.54, 1.807) is 16.4 Å². The van der Waals surface area contributed by atoms with Crippen molar-refractivity contribution in [2.24, 2.45) is 5.73 Å². The number of piperazine rings is 1. The SMILES string of the molecule is CCc1ccc(S(=O)(=O)N2CCN(C)CC2CN)cc1. The van der Waals surface area contributed by atoms with Crippen molar-refractivity contribution in [1.29, 1.82) is 0 Å². The van der Waals surface area contributed by atoms with Gasteiger partial charge in [0.2, 0.25) is 10.0 Å². The van der Waals surface area contributed by atoms with E-state index in [0.717, 1.165) is 18.5 Å². The number of rotatable bonds is 4. The Balaban J connectivity index is 2.28. The number of nitrogens with two attached hydrogens (primary N) is 1. The van der Waals surface area contributed by atoms with Gasteiger partial charge in [-0.05, 0) is 31.2 Å². The van der Waals surface area contributed by atoms with Gasteiger partial charge in [-0.25, -0.2) is 8.42 Å². The molecular weight excluding hydrogens is 274 g/mol. The summed E-state index contributed by atoms with van der Waals surface area (Å²) in [6.07, 6.45) is 0.903. The molecule has 112 valence electrons. The number of likely N-dealkylation sites (N-methyl/N-ethyl adjacent to an activating group) is 1. The van der Waals surface area contributed by atoms with E-state index in [1.165, 1.54) is 0 Å². The first-order valence-electron chi connectivity index (χ1n) is 6.98. The predicted molar refractivity (Wildman–Crippen MR) is 80.1 cm³/mol.